The van der Waals surface area contributed by atoms with Gasteiger partial charge in [0.1, 0.15) is 17.4 Å². The van der Waals surface area contributed by atoms with Gasteiger partial charge >= 0.3 is 0 Å². The van der Waals surface area contributed by atoms with Crippen LogP contribution in [0.3, 0.4) is 0 Å². The maximum atomic E-state index is 15.0. The van der Waals surface area contributed by atoms with Crippen molar-refractivity contribution in [1.82, 2.24) is 9.80 Å². The third kappa shape index (κ3) is 5.23. The molecule has 2 aromatic carbocycles. The van der Waals surface area contributed by atoms with Gasteiger partial charge in [-0.3, -0.25) is 14.4 Å². The van der Waals surface area contributed by atoms with Crippen LogP contribution in [0.5, 0.6) is 5.75 Å². The molecule has 1 spiro atoms. The number of hydrogen-bond acceptors (Lipinski definition) is 6. The smallest absolute Gasteiger partial charge is 0.249 e. The zero-order chi connectivity index (χ0) is 32.5. The van der Waals surface area contributed by atoms with E-state index in [0.29, 0.717) is 50.5 Å². The Hall–Kier alpha value is -3.95. The normalized spacial score (nSPS) is 29.3. The monoisotopic (exact) mass is 627 g/mol. The third-order valence-corrected chi connectivity index (χ3v) is 10.1. The Morgan fingerprint density at radius 2 is 1.65 bits per heavy atom. The minimum absolute atomic E-state index is 0.205. The number of unbranched alkanes of at least 4 members (excludes halogenated alkanes) is 1. The van der Waals surface area contributed by atoms with Crippen molar-refractivity contribution < 1.29 is 29.0 Å². The van der Waals surface area contributed by atoms with Gasteiger partial charge in [0.05, 0.1) is 36.7 Å². The summed E-state index contributed by atoms with van der Waals surface area (Å²) in [5.74, 6) is -1.87. The van der Waals surface area contributed by atoms with E-state index in [9.17, 15) is 19.5 Å². The van der Waals surface area contributed by atoms with Crippen LogP contribution in [-0.4, -0.2) is 88.8 Å². The first-order chi connectivity index (χ1) is 22.3. The molecule has 4 aliphatic rings. The maximum absolute atomic E-state index is 15.0. The summed E-state index contributed by atoms with van der Waals surface area (Å²) in [4.78, 5) is 49.5. The number of benzene rings is 2. The first kappa shape index (κ1) is 32.0. The number of likely N-dealkylation sites (tertiary alicyclic amines) is 1. The second kappa shape index (κ2) is 13.0. The molecule has 4 aliphatic heterocycles. The van der Waals surface area contributed by atoms with Crippen molar-refractivity contribution in [3.63, 3.8) is 0 Å². The van der Waals surface area contributed by atoms with Gasteiger partial charge in [-0.25, -0.2) is 0 Å². The van der Waals surface area contributed by atoms with Crippen LogP contribution >= 0.6 is 0 Å². The SMILES string of the molecule is CCCCN1CC=C[C@]23O[C@@]4(CC)C=CCN(c5ccc(OCC)cc5)C(=O)[C@H]4[C@H]2C(=O)N([C@@H](CO)Cc2ccccc2)C3C1=O. The van der Waals surface area contributed by atoms with Crippen LogP contribution in [0.1, 0.15) is 45.6 Å². The topological polar surface area (TPSA) is 99.6 Å². The second-order valence-electron chi connectivity index (χ2n) is 12.7. The molecule has 1 unspecified atom stereocenters. The van der Waals surface area contributed by atoms with Gasteiger partial charge in [0.2, 0.25) is 17.7 Å². The van der Waals surface area contributed by atoms with Gasteiger partial charge in [-0.1, -0.05) is 74.9 Å². The summed E-state index contributed by atoms with van der Waals surface area (Å²) in [6.45, 7) is 7.43. The van der Waals surface area contributed by atoms with E-state index in [1.807, 2.05) is 92.7 Å². The summed E-state index contributed by atoms with van der Waals surface area (Å²) in [6, 6.07) is 15.4. The van der Waals surface area contributed by atoms with Crippen molar-refractivity contribution in [1.29, 1.82) is 0 Å². The highest BCUT2D eigenvalue weighted by Crippen LogP contribution is 2.59. The zero-order valence-electron chi connectivity index (χ0n) is 27.0. The Labute approximate surface area is 271 Å². The van der Waals surface area contributed by atoms with Gasteiger partial charge in [-0.2, -0.15) is 0 Å². The molecule has 6 rings (SSSR count). The summed E-state index contributed by atoms with van der Waals surface area (Å²) in [5.41, 5.74) is -0.819. The first-order valence-corrected chi connectivity index (χ1v) is 16.7. The molecule has 2 fully saturated rings. The molecule has 0 aromatic heterocycles. The summed E-state index contributed by atoms with van der Waals surface area (Å²) < 4.78 is 12.7. The number of fused-ring (bicyclic) bond motifs is 2. The molecule has 6 atom stereocenters. The lowest BCUT2D eigenvalue weighted by atomic mass is 9.73. The zero-order valence-corrected chi connectivity index (χ0v) is 27.0. The quantitative estimate of drug-likeness (QED) is 0.376. The van der Waals surface area contributed by atoms with Crippen molar-refractivity contribution in [2.45, 2.75) is 69.7 Å². The van der Waals surface area contributed by atoms with Crippen LogP contribution in [0, 0.1) is 11.8 Å². The molecule has 3 amide bonds. The van der Waals surface area contributed by atoms with Crippen molar-refractivity contribution >= 4 is 23.4 Å². The summed E-state index contributed by atoms with van der Waals surface area (Å²) in [6.07, 6.45) is 10.2. The average Bonchev–Trinajstić information content (AvgIpc) is 3.37. The highest BCUT2D eigenvalue weighted by atomic mass is 16.5. The van der Waals surface area contributed by atoms with E-state index in [4.69, 9.17) is 9.47 Å². The van der Waals surface area contributed by atoms with Gasteiger partial charge in [0, 0.05) is 25.3 Å². The number of carbonyl (C=O) groups excluding carboxylic acids is 3. The van der Waals surface area contributed by atoms with E-state index in [0.717, 1.165) is 18.4 Å². The standard InChI is InChI=1S/C37H45N3O6/c1-4-7-21-38-22-12-20-37-31(34(43)40(32(37)35(38)44)28(25-41)24-26-13-9-8-10-14-26)30-33(42)39(23-11-19-36(30,5-2)46-37)27-15-17-29(18-16-27)45-6-3/h8-20,28,30-32,41H,4-7,21-25H2,1-3H3/t28-,30-,31+,32?,36+,37+/m1/s1. The molecule has 9 nitrogen and oxygen atoms in total. The van der Waals surface area contributed by atoms with Crippen molar-refractivity contribution in [2.75, 3.05) is 37.7 Å². The summed E-state index contributed by atoms with van der Waals surface area (Å²) >= 11 is 0. The number of nitrogens with zero attached hydrogens (tertiary/aromatic N) is 3. The van der Waals surface area contributed by atoms with Crippen LogP contribution in [0.4, 0.5) is 5.69 Å². The van der Waals surface area contributed by atoms with Gasteiger partial charge in [-0.15, -0.1) is 0 Å². The first-order valence-electron chi connectivity index (χ1n) is 16.7. The fourth-order valence-corrected chi connectivity index (χ4v) is 7.95. The van der Waals surface area contributed by atoms with E-state index in [-0.39, 0.29) is 24.3 Å². The lowest BCUT2D eigenvalue weighted by Gasteiger charge is -2.41. The predicted octanol–water partition coefficient (Wildman–Crippen LogP) is 4.15. The van der Waals surface area contributed by atoms with Gasteiger partial charge in [0.25, 0.3) is 0 Å². The van der Waals surface area contributed by atoms with E-state index < -0.39 is 35.1 Å². The molecule has 2 saturated heterocycles. The van der Waals surface area contributed by atoms with Gasteiger partial charge in [-0.05, 0) is 56.0 Å². The number of anilines is 1. The van der Waals surface area contributed by atoms with Gasteiger partial charge in [0.15, 0.2) is 0 Å². The van der Waals surface area contributed by atoms with Crippen LogP contribution in [0.25, 0.3) is 0 Å². The fourth-order valence-electron chi connectivity index (χ4n) is 7.95. The van der Waals surface area contributed by atoms with Crippen molar-refractivity contribution in [2.24, 2.45) is 11.8 Å². The molecule has 9 heteroatoms. The number of rotatable bonds is 11. The van der Waals surface area contributed by atoms with Crippen molar-refractivity contribution in [3.05, 3.63) is 84.5 Å². The number of aliphatic hydroxyl groups is 1. The molecule has 4 heterocycles. The lowest BCUT2D eigenvalue weighted by molar-refractivity contribution is -0.155. The molecule has 2 aromatic rings. The number of hydrogen-bond donors (Lipinski definition) is 1. The van der Waals surface area contributed by atoms with Gasteiger partial charge < -0.3 is 29.3 Å². The molecule has 0 aliphatic carbocycles. The number of aliphatic hydroxyl groups excluding tert-OH is 1. The molecule has 46 heavy (non-hydrogen) atoms. The Bertz CT molecular complexity index is 1490. The minimum Gasteiger partial charge on any atom is -0.494 e. The molecule has 1 N–H and O–H groups in total. The fraction of sp³-hybridized carbons (Fsp3) is 0.486. The minimum atomic E-state index is -1.37. The number of amides is 3. The Balaban J connectivity index is 1.46. The van der Waals surface area contributed by atoms with E-state index in [1.165, 1.54) is 0 Å². The number of ether oxygens (including phenoxy) is 2. The van der Waals surface area contributed by atoms with Crippen LogP contribution in [-0.2, 0) is 25.5 Å². The Morgan fingerprint density at radius 3 is 2.33 bits per heavy atom. The van der Waals surface area contributed by atoms with Crippen LogP contribution < -0.4 is 9.64 Å². The van der Waals surface area contributed by atoms with E-state index in [2.05, 4.69) is 6.92 Å². The second-order valence-corrected chi connectivity index (χ2v) is 12.7. The highest BCUT2D eigenvalue weighted by Gasteiger charge is 2.76. The molecular weight excluding hydrogens is 582 g/mol. The highest BCUT2D eigenvalue weighted by molar-refractivity contribution is 6.04. The third-order valence-electron chi connectivity index (χ3n) is 10.1. The largest absolute Gasteiger partial charge is 0.494 e. The van der Waals surface area contributed by atoms with Crippen molar-refractivity contribution in [3.8, 4) is 5.75 Å². The molecule has 244 valence electrons. The maximum Gasteiger partial charge on any atom is 0.249 e. The summed E-state index contributed by atoms with van der Waals surface area (Å²) in [7, 11) is 0. The Morgan fingerprint density at radius 1 is 0.913 bits per heavy atom. The molecule has 0 radical (unpaired) electrons. The molecular formula is C37H45N3O6. The Kier molecular flexibility index (Phi) is 9.08. The van der Waals surface area contributed by atoms with Crippen LogP contribution in [0.15, 0.2) is 78.9 Å². The predicted molar refractivity (Wildman–Crippen MR) is 175 cm³/mol. The molecule has 0 saturated carbocycles. The average molecular weight is 628 g/mol. The van der Waals surface area contributed by atoms with E-state index in [1.54, 1.807) is 14.7 Å². The van der Waals surface area contributed by atoms with E-state index >= 15 is 0 Å². The van der Waals surface area contributed by atoms with Crippen LogP contribution in [0.2, 0.25) is 0 Å². The molecule has 0 bridgehead atoms. The lowest BCUT2D eigenvalue weighted by Crippen LogP contribution is -2.59. The number of carbonyl (C=O) groups is 3. The summed E-state index contributed by atoms with van der Waals surface area (Å²) in [5, 5.41) is 10.8.